The predicted molar refractivity (Wildman–Crippen MR) is 78.5 cm³/mol. The van der Waals surface area contributed by atoms with E-state index in [9.17, 15) is 9.50 Å². The molecule has 0 radical (unpaired) electrons. The molecular weight excluding hydrogens is 269 g/mol. The quantitative estimate of drug-likeness (QED) is 0.941. The molecule has 1 aliphatic rings. The minimum Gasteiger partial charge on any atom is -0.508 e. The van der Waals surface area contributed by atoms with Crippen molar-refractivity contribution >= 4 is 0 Å². The van der Waals surface area contributed by atoms with Gasteiger partial charge in [0.15, 0.2) is 0 Å². The number of phenols is 1. The normalized spacial score (nSPS) is 19.6. The van der Waals surface area contributed by atoms with Crippen LogP contribution in [0.4, 0.5) is 4.39 Å². The molecule has 0 bridgehead atoms. The monoisotopic (exact) mass is 287 g/mol. The first kappa shape index (κ1) is 14.0. The molecule has 3 nitrogen and oxygen atoms in total. The number of rotatable bonds is 3. The van der Waals surface area contributed by atoms with Crippen LogP contribution in [0.15, 0.2) is 48.5 Å². The van der Waals surface area contributed by atoms with Crippen LogP contribution in [0, 0.1) is 5.82 Å². The van der Waals surface area contributed by atoms with E-state index in [4.69, 9.17) is 4.74 Å². The van der Waals surface area contributed by atoms with Crippen LogP contribution < -0.4 is 0 Å². The van der Waals surface area contributed by atoms with Crippen molar-refractivity contribution in [3.05, 3.63) is 65.5 Å². The van der Waals surface area contributed by atoms with E-state index in [1.807, 2.05) is 18.2 Å². The Morgan fingerprint density at radius 2 is 2.00 bits per heavy atom. The van der Waals surface area contributed by atoms with E-state index in [0.29, 0.717) is 18.7 Å². The summed E-state index contributed by atoms with van der Waals surface area (Å²) in [5.41, 5.74) is 1.75. The molecule has 0 saturated carbocycles. The van der Waals surface area contributed by atoms with Crippen LogP contribution in [0.5, 0.6) is 5.75 Å². The lowest BCUT2D eigenvalue weighted by Gasteiger charge is -2.33. The number of ether oxygens (including phenoxy) is 1. The number of phenolic OH excluding ortho intramolecular Hbond substituents is 1. The number of halogens is 1. The van der Waals surface area contributed by atoms with Gasteiger partial charge in [-0.25, -0.2) is 4.39 Å². The highest BCUT2D eigenvalue weighted by Gasteiger charge is 2.24. The van der Waals surface area contributed by atoms with Gasteiger partial charge >= 0.3 is 0 Å². The van der Waals surface area contributed by atoms with Crippen LogP contribution in [-0.4, -0.2) is 29.7 Å². The predicted octanol–water partition coefficient (Wildman–Crippen LogP) is 3.10. The van der Waals surface area contributed by atoms with E-state index in [1.54, 1.807) is 6.07 Å². The Morgan fingerprint density at radius 3 is 2.76 bits per heavy atom. The molecule has 0 unspecified atom stereocenters. The summed E-state index contributed by atoms with van der Waals surface area (Å²) in [7, 11) is 0. The number of morpholine rings is 1. The molecule has 1 N–H and O–H groups in total. The fourth-order valence-corrected chi connectivity index (χ4v) is 2.65. The highest BCUT2D eigenvalue weighted by molar-refractivity contribution is 5.29. The minimum atomic E-state index is -0.415. The zero-order chi connectivity index (χ0) is 14.7. The second-order valence-corrected chi connectivity index (χ2v) is 5.29. The Kier molecular flexibility index (Phi) is 4.18. The van der Waals surface area contributed by atoms with Gasteiger partial charge in [0.25, 0.3) is 0 Å². The van der Waals surface area contributed by atoms with Crippen molar-refractivity contribution in [3.8, 4) is 5.75 Å². The van der Waals surface area contributed by atoms with Crippen LogP contribution in [0.3, 0.4) is 0 Å². The van der Waals surface area contributed by atoms with Gasteiger partial charge in [0.1, 0.15) is 11.6 Å². The zero-order valence-corrected chi connectivity index (χ0v) is 11.7. The van der Waals surface area contributed by atoms with E-state index in [1.165, 1.54) is 11.6 Å². The number of aromatic hydroxyl groups is 1. The second-order valence-electron chi connectivity index (χ2n) is 5.29. The van der Waals surface area contributed by atoms with Crippen molar-refractivity contribution in [1.29, 1.82) is 0 Å². The third kappa shape index (κ3) is 3.40. The molecule has 2 aromatic carbocycles. The molecule has 1 atom stereocenters. The van der Waals surface area contributed by atoms with E-state index >= 15 is 0 Å². The van der Waals surface area contributed by atoms with E-state index in [0.717, 1.165) is 19.2 Å². The van der Waals surface area contributed by atoms with Crippen molar-refractivity contribution in [2.24, 2.45) is 0 Å². The molecule has 1 saturated heterocycles. The molecule has 1 aliphatic heterocycles. The Balaban J connectivity index is 1.71. The van der Waals surface area contributed by atoms with E-state index in [2.05, 4.69) is 17.0 Å². The molecule has 3 rings (SSSR count). The fourth-order valence-electron chi connectivity index (χ4n) is 2.65. The van der Waals surface area contributed by atoms with Crippen molar-refractivity contribution < 1.29 is 14.2 Å². The average molecular weight is 287 g/mol. The second kappa shape index (κ2) is 6.24. The highest BCUT2D eigenvalue weighted by atomic mass is 19.1. The molecule has 0 aromatic heterocycles. The molecule has 110 valence electrons. The molecule has 1 fully saturated rings. The van der Waals surface area contributed by atoms with Gasteiger partial charge in [-0.15, -0.1) is 0 Å². The fraction of sp³-hybridized carbons (Fsp3) is 0.294. The van der Waals surface area contributed by atoms with E-state index < -0.39 is 5.82 Å². The standard InChI is InChI=1S/C17H18FNO2/c18-16-10-14(20)6-7-15(16)17-12-19(8-9-21-17)11-13-4-2-1-3-5-13/h1-7,10,17,20H,8-9,11-12H2/t17-/m1/s1. The Morgan fingerprint density at radius 1 is 1.19 bits per heavy atom. The molecule has 2 aromatic rings. The Labute approximate surface area is 123 Å². The maximum absolute atomic E-state index is 13.9. The third-order valence-electron chi connectivity index (χ3n) is 3.73. The minimum absolute atomic E-state index is 0.0619. The SMILES string of the molecule is Oc1ccc([C@H]2CN(Cc3ccccc3)CCO2)c(F)c1. The molecule has 1 heterocycles. The summed E-state index contributed by atoms with van der Waals surface area (Å²) < 4.78 is 19.6. The lowest BCUT2D eigenvalue weighted by atomic mass is 10.1. The van der Waals surface area contributed by atoms with Crippen molar-refractivity contribution in [2.75, 3.05) is 19.7 Å². The molecule has 4 heteroatoms. The maximum Gasteiger partial charge on any atom is 0.132 e. The summed E-state index contributed by atoms with van der Waals surface area (Å²) in [6, 6.07) is 14.4. The lowest BCUT2D eigenvalue weighted by molar-refractivity contribution is -0.0345. The summed E-state index contributed by atoms with van der Waals surface area (Å²) in [6.45, 7) is 2.90. The Hall–Kier alpha value is -1.91. The largest absolute Gasteiger partial charge is 0.508 e. The molecule has 0 spiro atoms. The lowest BCUT2D eigenvalue weighted by Crippen LogP contribution is -2.38. The molecule has 0 amide bonds. The highest BCUT2D eigenvalue weighted by Crippen LogP contribution is 2.27. The van der Waals surface area contributed by atoms with Gasteiger partial charge in [-0.1, -0.05) is 30.3 Å². The van der Waals surface area contributed by atoms with Gasteiger partial charge in [0, 0.05) is 31.3 Å². The molecule has 21 heavy (non-hydrogen) atoms. The Bertz CT molecular complexity index is 603. The first-order valence-corrected chi connectivity index (χ1v) is 7.08. The van der Waals surface area contributed by atoms with Gasteiger partial charge < -0.3 is 9.84 Å². The summed E-state index contributed by atoms with van der Waals surface area (Å²) >= 11 is 0. The summed E-state index contributed by atoms with van der Waals surface area (Å²) in [5.74, 6) is -0.477. The smallest absolute Gasteiger partial charge is 0.132 e. The molecular formula is C17H18FNO2. The van der Waals surface area contributed by atoms with Crippen LogP contribution in [0.2, 0.25) is 0 Å². The van der Waals surface area contributed by atoms with Gasteiger partial charge in [-0.05, 0) is 17.7 Å². The first-order chi connectivity index (χ1) is 10.2. The van der Waals surface area contributed by atoms with Crippen molar-refractivity contribution in [3.63, 3.8) is 0 Å². The summed E-state index contributed by atoms with van der Waals surface area (Å²) in [5, 5.41) is 9.29. The summed E-state index contributed by atoms with van der Waals surface area (Å²) in [4.78, 5) is 2.26. The van der Waals surface area contributed by atoms with Crippen LogP contribution in [0.1, 0.15) is 17.2 Å². The van der Waals surface area contributed by atoms with Crippen LogP contribution in [0.25, 0.3) is 0 Å². The number of benzene rings is 2. The first-order valence-electron chi connectivity index (χ1n) is 7.08. The van der Waals surface area contributed by atoms with Crippen LogP contribution >= 0.6 is 0 Å². The van der Waals surface area contributed by atoms with Crippen LogP contribution in [-0.2, 0) is 11.3 Å². The van der Waals surface area contributed by atoms with Crippen molar-refractivity contribution in [2.45, 2.75) is 12.6 Å². The van der Waals surface area contributed by atoms with Crippen molar-refractivity contribution in [1.82, 2.24) is 4.90 Å². The summed E-state index contributed by atoms with van der Waals surface area (Å²) in [6.07, 6.45) is -0.289. The van der Waals surface area contributed by atoms with Gasteiger partial charge in [0.05, 0.1) is 12.7 Å². The van der Waals surface area contributed by atoms with Gasteiger partial charge in [-0.2, -0.15) is 0 Å². The maximum atomic E-state index is 13.9. The number of hydrogen-bond acceptors (Lipinski definition) is 3. The van der Waals surface area contributed by atoms with Gasteiger partial charge in [0.2, 0.25) is 0 Å². The van der Waals surface area contributed by atoms with Gasteiger partial charge in [-0.3, -0.25) is 4.90 Å². The third-order valence-corrected chi connectivity index (χ3v) is 3.73. The molecule has 0 aliphatic carbocycles. The zero-order valence-electron chi connectivity index (χ0n) is 11.7. The van der Waals surface area contributed by atoms with E-state index in [-0.39, 0.29) is 11.9 Å². The topological polar surface area (TPSA) is 32.7 Å². The number of nitrogens with zero attached hydrogens (tertiary/aromatic N) is 1. The average Bonchev–Trinajstić information content (AvgIpc) is 2.48. The number of hydrogen-bond donors (Lipinski definition) is 1.